The molecule has 5 heteroatoms. The van der Waals surface area contributed by atoms with Crippen molar-refractivity contribution in [1.82, 2.24) is 9.55 Å². The lowest BCUT2D eigenvalue weighted by molar-refractivity contribution is 0.628. The first-order valence-corrected chi connectivity index (χ1v) is 5.31. The second-order valence-electron chi connectivity index (χ2n) is 3.23. The Kier molecular flexibility index (Phi) is 2.75. The van der Waals surface area contributed by atoms with Crippen molar-refractivity contribution in [3.05, 3.63) is 40.4 Å². The molecule has 0 fully saturated rings. The minimum Gasteiger partial charge on any atom is -0.318 e. The Morgan fingerprint density at radius 2 is 2.12 bits per heavy atom. The van der Waals surface area contributed by atoms with Gasteiger partial charge >= 0.3 is 0 Å². The van der Waals surface area contributed by atoms with Crippen LogP contribution in [0.1, 0.15) is 5.69 Å². The number of rotatable bonds is 1. The van der Waals surface area contributed by atoms with E-state index in [1.165, 1.54) is 6.07 Å². The van der Waals surface area contributed by atoms with E-state index in [-0.39, 0.29) is 5.82 Å². The topological polar surface area (TPSA) is 41.6 Å². The Morgan fingerprint density at radius 3 is 2.69 bits per heavy atom. The molecule has 0 amide bonds. The normalized spacial score (nSPS) is 10.1. The Bertz CT molecular complexity index is 583. The van der Waals surface area contributed by atoms with Gasteiger partial charge in [0, 0.05) is 7.05 Å². The molecule has 0 atom stereocenters. The third kappa shape index (κ3) is 1.61. The summed E-state index contributed by atoms with van der Waals surface area (Å²) in [5, 5.41) is 8.89. The minimum absolute atomic E-state index is 0.354. The Morgan fingerprint density at radius 1 is 1.44 bits per heavy atom. The van der Waals surface area contributed by atoms with Crippen LogP contribution in [0.3, 0.4) is 0 Å². The smallest absolute Gasteiger partial charge is 0.154 e. The van der Waals surface area contributed by atoms with Crippen LogP contribution in [0.25, 0.3) is 11.4 Å². The Balaban J connectivity index is 2.68. The van der Waals surface area contributed by atoms with E-state index in [4.69, 9.17) is 5.26 Å². The summed E-state index contributed by atoms with van der Waals surface area (Å²) >= 11 is 3.17. The lowest BCUT2D eigenvalue weighted by Crippen LogP contribution is -1.97. The van der Waals surface area contributed by atoms with E-state index in [9.17, 15) is 4.39 Å². The first kappa shape index (κ1) is 10.8. The van der Waals surface area contributed by atoms with Crippen LogP contribution in [0.4, 0.5) is 4.39 Å². The Hall–Kier alpha value is -1.67. The van der Waals surface area contributed by atoms with Crippen molar-refractivity contribution in [2.24, 2.45) is 7.05 Å². The molecule has 0 saturated carbocycles. The molecule has 0 saturated heterocycles. The van der Waals surface area contributed by atoms with Crippen LogP contribution >= 0.6 is 15.9 Å². The Labute approximate surface area is 100 Å². The number of aromatic nitrogens is 2. The fourth-order valence-corrected chi connectivity index (χ4v) is 1.99. The number of imidazole rings is 1. The van der Waals surface area contributed by atoms with Crippen molar-refractivity contribution in [2.45, 2.75) is 0 Å². The van der Waals surface area contributed by atoms with E-state index in [2.05, 4.69) is 20.9 Å². The molecule has 1 aromatic heterocycles. The van der Waals surface area contributed by atoms with Gasteiger partial charge in [-0.25, -0.2) is 9.37 Å². The molecule has 0 unspecified atom stereocenters. The largest absolute Gasteiger partial charge is 0.318 e. The SMILES string of the molecule is Cn1c(-c2ccccc2F)nc(Br)c1C#N. The van der Waals surface area contributed by atoms with Crippen molar-refractivity contribution in [2.75, 3.05) is 0 Å². The molecule has 0 N–H and O–H groups in total. The van der Waals surface area contributed by atoms with Gasteiger partial charge in [0.2, 0.25) is 0 Å². The molecule has 0 aliphatic heterocycles. The predicted octanol–water partition coefficient (Wildman–Crippen LogP) is 2.86. The first-order chi connectivity index (χ1) is 7.65. The zero-order valence-corrected chi connectivity index (χ0v) is 9.99. The molecule has 0 aliphatic rings. The number of halogens is 2. The summed E-state index contributed by atoms with van der Waals surface area (Å²) < 4.78 is 15.5. The summed E-state index contributed by atoms with van der Waals surface area (Å²) in [7, 11) is 1.68. The van der Waals surface area contributed by atoms with Crippen LogP contribution in [-0.4, -0.2) is 9.55 Å². The van der Waals surface area contributed by atoms with Gasteiger partial charge < -0.3 is 4.57 Å². The van der Waals surface area contributed by atoms with Gasteiger partial charge in [0.1, 0.15) is 22.3 Å². The maximum Gasteiger partial charge on any atom is 0.154 e. The average Bonchev–Trinajstić information content (AvgIpc) is 2.55. The molecule has 0 spiro atoms. The summed E-state index contributed by atoms with van der Waals surface area (Å²) in [6.45, 7) is 0. The lowest BCUT2D eigenvalue weighted by atomic mass is 10.2. The summed E-state index contributed by atoms with van der Waals surface area (Å²) in [6, 6.07) is 8.34. The van der Waals surface area contributed by atoms with Crippen LogP contribution < -0.4 is 0 Å². The fourth-order valence-electron chi connectivity index (χ4n) is 1.47. The molecule has 80 valence electrons. The second-order valence-corrected chi connectivity index (χ2v) is 3.98. The summed E-state index contributed by atoms with van der Waals surface area (Å²) in [5.41, 5.74) is 0.755. The van der Waals surface area contributed by atoms with Crippen molar-refractivity contribution < 1.29 is 4.39 Å². The highest BCUT2D eigenvalue weighted by Gasteiger charge is 2.15. The predicted molar refractivity (Wildman–Crippen MR) is 61.0 cm³/mol. The van der Waals surface area contributed by atoms with Crippen LogP contribution in [0, 0.1) is 17.1 Å². The highest BCUT2D eigenvalue weighted by Crippen LogP contribution is 2.25. The molecule has 3 nitrogen and oxygen atoms in total. The molecule has 2 aromatic rings. The van der Waals surface area contributed by atoms with E-state index in [0.717, 1.165) is 0 Å². The molecule has 0 radical (unpaired) electrons. The van der Waals surface area contributed by atoms with E-state index < -0.39 is 0 Å². The number of nitrogens with zero attached hydrogens (tertiary/aromatic N) is 3. The van der Waals surface area contributed by atoms with Gasteiger partial charge in [-0.15, -0.1) is 0 Å². The van der Waals surface area contributed by atoms with E-state index in [1.54, 1.807) is 29.8 Å². The van der Waals surface area contributed by atoms with Gasteiger partial charge in [-0.05, 0) is 28.1 Å². The molecular weight excluding hydrogens is 273 g/mol. The van der Waals surface area contributed by atoms with Crippen molar-refractivity contribution in [3.63, 3.8) is 0 Å². The number of nitriles is 1. The number of hydrogen-bond donors (Lipinski definition) is 0. The monoisotopic (exact) mass is 279 g/mol. The lowest BCUT2D eigenvalue weighted by Gasteiger charge is -2.02. The highest BCUT2D eigenvalue weighted by molar-refractivity contribution is 9.10. The van der Waals surface area contributed by atoms with Gasteiger partial charge in [0.05, 0.1) is 5.56 Å². The van der Waals surface area contributed by atoms with Crippen molar-refractivity contribution in [3.8, 4) is 17.5 Å². The third-order valence-electron chi connectivity index (χ3n) is 2.27. The average molecular weight is 280 g/mol. The van der Waals surface area contributed by atoms with Gasteiger partial charge in [-0.3, -0.25) is 0 Å². The van der Waals surface area contributed by atoms with Gasteiger partial charge in [0.25, 0.3) is 0 Å². The standard InChI is InChI=1S/C11H7BrFN3/c1-16-9(6-14)10(12)15-11(16)7-4-2-3-5-8(7)13/h2-5H,1H3. The summed E-state index contributed by atoms with van der Waals surface area (Å²) in [6.07, 6.45) is 0. The molecule has 0 bridgehead atoms. The van der Waals surface area contributed by atoms with Crippen molar-refractivity contribution >= 4 is 15.9 Å². The molecular formula is C11H7BrFN3. The minimum atomic E-state index is -0.354. The molecule has 0 aliphatic carbocycles. The van der Waals surface area contributed by atoms with Crippen LogP contribution in [0.15, 0.2) is 28.9 Å². The fraction of sp³-hybridized carbons (Fsp3) is 0.0909. The van der Waals surface area contributed by atoms with Crippen LogP contribution in [0.5, 0.6) is 0 Å². The van der Waals surface area contributed by atoms with Gasteiger partial charge in [-0.2, -0.15) is 5.26 Å². The van der Waals surface area contributed by atoms with E-state index in [0.29, 0.717) is 21.7 Å². The van der Waals surface area contributed by atoms with Crippen LogP contribution in [0.2, 0.25) is 0 Å². The number of hydrogen-bond acceptors (Lipinski definition) is 2. The van der Waals surface area contributed by atoms with Crippen LogP contribution in [-0.2, 0) is 7.05 Å². The van der Waals surface area contributed by atoms with E-state index in [1.807, 2.05) is 6.07 Å². The summed E-state index contributed by atoms with van der Waals surface area (Å²) in [4.78, 5) is 4.13. The highest BCUT2D eigenvalue weighted by atomic mass is 79.9. The summed E-state index contributed by atoms with van der Waals surface area (Å²) in [5.74, 6) is 0.0779. The maximum absolute atomic E-state index is 13.5. The first-order valence-electron chi connectivity index (χ1n) is 4.52. The van der Waals surface area contributed by atoms with E-state index >= 15 is 0 Å². The maximum atomic E-state index is 13.5. The third-order valence-corrected chi connectivity index (χ3v) is 2.83. The zero-order chi connectivity index (χ0) is 11.7. The van der Waals surface area contributed by atoms with Gasteiger partial charge in [0.15, 0.2) is 5.69 Å². The van der Waals surface area contributed by atoms with Crippen molar-refractivity contribution in [1.29, 1.82) is 5.26 Å². The van der Waals surface area contributed by atoms with Gasteiger partial charge in [-0.1, -0.05) is 12.1 Å². The quantitative estimate of drug-likeness (QED) is 0.806. The second kappa shape index (κ2) is 4.06. The molecule has 1 heterocycles. The molecule has 1 aromatic carbocycles. The number of benzene rings is 1. The zero-order valence-electron chi connectivity index (χ0n) is 8.41. The molecule has 16 heavy (non-hydrogen) atoms. The molecule has 2 rings (SSSR count).